The molecule has 76 valence electrons. The van der Waals surface area contributed by atoms with Gasteiger partial charge in [-0.05, 0) is 11.4 Å². The Morgan fingerprint density at radius 2 is 2.47 bits per heavy atom. The molecule has 15 heavy (non-hydrogen) atoms. The number of carbonyl (C=O) groups excluding carboxylic acids is 1. The van der Waals surface area contributed by atoms with Crippen molar-refractivity contribution in [3.05, 3.63) is 33.0 Å². The topological polar surface area (TPSA) is 52.9 Å². The first-order chi connectivity index (χ1) is 7.22. The number of hydrogen-bond donors (Lipinski definition) is 2. The molecule has 1 aromatic rings. The van der Waals surface area contributed by atoms with Crippen LogP contribution in [0.3, 0.4) is 0 Å². The van der Waals surface area contributed by atoms with Crippen molar-refractivity contribution in [2.45, 2.75) is 12.3 Å². The summed E-state index contributed by atoms with van der Waals surface area (Å²) in [4.78, 5) is 12.4. The average Bonchev–Trinajstić information content (AvgIpc) is 2.69. The van der Waals surface area contributed by atoms with Crippen molar-refractivity contribution in [1.82, 2.24) is 5.32 Å². The van der Waals surface area contributed by atoms with Crippen molar-refractivity contribution in [1.29, 1.82) is 5.26 Å². The molecule has 0 fully saturated rings. The minimum atomic E-state index is -0.128. The fraction of sp³-hybridized carbons (Fsp3) is 0.200. The lowest BCUT2D eigenvalue weighted by Crippen LogP contribution is -2.29. The van der Waals surface area contributed by atoms with Crippen molar-refractivity contribution in [2.24, 2.45) is 0 Å². The Hall–Kier alpha value is -1.25. The Morgan fingerprint density at radius 1 is 1.67 bits per heavy atom. The second-order valence-corrected chi connectivity index (χ2v) is 4.62. The molecule has 1 aliphatic rings. The van der Waals surface area contributed by atoms with Crippen LogP contribution in [0, 0.1) is 11.3 Å². The molecule has 1 atom stereocenters. The molecule has 3 nitrogen and oxygen atoms in total. The SMILES string of the molecule is N#CC1=C(S)NC(=O)CC1c1cccs1. The molecule has 2 heterocycles. The van der Waals surface area contributed by atoms with Crippen LogP contribution < -0.4 is 5.32 Å². The summed E-state index contributed by atoms with van der Waals surface area (Å²) in [5, 5.41) is 13.9. The Morgan fingerprint density at radius 3 is 3.07 bits per heavy atom. The second kappa shape index (κ2) is 4.09. The molecule has 5 heteroatoms. The van der Waals surface area contributed by atoms with Gasteiger partial charge in [-0.15, -0.1) is 24.0 Å². The number of allylic oxidation sites excluding steroid dienone is 1. The molecule has 0 radical (unpaired) electrons. The first-order valence-corrected chi connectivity index (χ1v) is 5.71. The van der Waals surface area contributed by atoms with Crippen LogP contribution in [0.15, 0.2) is 28.1 Å². The smallest absolute Gasteiger partial charge is 0.225 e. The second-order valence-electron chi connectivity index (χ2n) is 3.19. The van der Waals surface area contributed by atoms with Gasteiger partial charge >= 0.3 is 0 Å². The number of nitriles is 1. The summed E-state index contributed by atoms with van der Waals surface area (Å²) in [7, 11) is 0. The lowest BCUT2D eigenvalue weighted by atomic mass is 9.93. The lowest BCUT2D eigenvalue weighted by molar-refractivity contribution is -0.120. The van der Waals surface area contributed by atoms with Crippen LogP contribution in [0.4, 0.5) is 0 Å². The van der Waals surface area contributed by atoms with Crippen LogP contribution in [0.25, 0.3) is 0 Å². The zero-order valence-corrected chi connectivity index (χ0v) is 9.44. The summed E-state index contributed by atoms with van der Waals surface area (Å²) in [5.74, 6) is -0.214. The van der Waals surface area contributed by atoms with Crippen molar-refractivity contribution >= 4 is 29.9 Å². The van der Waals surface area contributed by atoms with Crippen LogP contribution in [0.2, 0.25) is 0 Å². The molecule has 0 bridgehead atoms. The summed E-state index contributed by atoms with van der Waals surface area (Å²) in [6.45, 7) is 0. The zero-order chi connectivity index (χ0) is 10.8. The maximum Gasteiger partial charge on any atom is 0.225 e. The summed E-state index contributed by atoms with van der Waals surface area (Å²) < 4.78 is 0. The van der Waals surface area contributed by atoms with Gasteiger partial charge in [-0.2, -0.15) is 5.26 Å². The van der Waals surface area contributed by atoms with Gasteiger partial charge in [0, 0.05) is 17.2 Å². The summed E-state index contributed by atoms with van der Waals surface area (Å²) in [6.07, 6.45) is 0.327. The van der Waals surface area contributed by atoms with Gasteiger partial charge in [0.05, 0.1) is 16.7 Å². The summed E-state index contributed by atoms with van der Waals surface area (Å²) in [5.41, 5.74) is 0.542. The lowest BCUT2D eigenvalue weighted by Gasteiger charge is -2.21. The molecule has 2 rings (SSSR count). The standard InChI is InChI=1S/C10H8N2OS2/c11-5-7-6(8-2-1-3-15-8)4-9(13)12-10(7)14/h1-3,6,14H,4H2,(H,12,13). The van der Waals surface area contributed by atoms with Crippen molar-refractivity contribution in [2.75, 3.05) is 0 Å². The zero-order valence-electron chi connectivity index (χ0n) is 7.73. The molecule has 0 saturated carbocycles. The van der Waals surface area contributed by atoms with Gasteiger partial charge in [-0.25, -0.2) is 0 Å². The van der Waals surface area contributed by atoms with Crippen LogP contribution in [0.1, 0.15) is 17.2 Å². The number of hydrogen-bond acceptors (Lipinski definition) is 4. The highest BCUT2D eigenvalue weighted by Gasteiger charge is 2.28. The normalized spacial score (nSPS) is 21.1. The van der Waals surface area contributed by atoms with E-state index in [1.54, 1.807) is 11.3 Å². The van der Waals surface area contributed by atoms with E-state index in [1.807, 2.05) is 17.5 Å². The maximum absolute atomic E-state index is 11.3. The van der Waals surface area contributed by atoms with Gasteiger partial charge in [0.15, 0.2) is 0 Å². The molecule has 1 N–H and O–H groups in total. The first-order valence-electron chi connectivity index (χ1n) is 4.39. The number of amides is 1. The highest BCUT2D eigenvalue weighted by molar-refractivity contribution is 7.84. The van der Waals surface area contributed by atoms with E-state index < -0.39 is 0 Å². The summed E-state index contributed by atoms with van der Waals surface area (Å²) in [6, 6.07) is 5.96. The van der Waals surface area contributed by atoms with E-state index in [0.29, 0.717) is 17.0 Å². The fourth-order valence-corrected chi connectivity index (χ4v) is 2.73. The number of nitrogens with one attached hydrogen (secondary N) is 1. The summed E-state index contributed by atoms with van der Waals surface area (Å²) >= 11 is 5.67. The maximum atomic E-state index is 11.3. The highest BCUT2D eigenvalue weighted by atomic mass is 32.1. The molecule has 1 aliphatic heterocycles. The Labute approximate surface area is 96.8 Å². The molecule has 0 aromatic carbocycles. The van der Waals surface area contributed by atoms with Crippen LogP contribution in [0.5, 0.6) is 0 Å². The molecule has 0 saturated heterocycles. The van der Waals surface area contributed by atoms with E-state index in [1.165, 1.54) is 0 Å². The predicted octanol–water partition coefficient (Wildman–Crippen LogP) is 2.02. The predicted molar refractivity (Wildman–Crippen MR) is 61.4 cm³/mol. The van der Waals surface area contributed by atoms with Crippen molar-refractivity contribution in [3.8, 4) is 6.07 Å². The van der Waals surface area contributed by atoms with Crippen molar-refractivity contribution < 1.29 is 4.79 Å². The molecule has 1 unspecified atom stereocenters. The van der Waals surface area contributed by atoms with Gasteiger partial charge < -0.3 is 5.32 Å². The number of rotatable bonds is 1. The van der Waals surface area contributed by atoms with Gasteiger partial charge in [0.2, 0.25) is 5.91 Å². The Balaban J connectivity index is 2.43. The van der Waals surface area contributed by atoms with E-state index in [9.17, 15) is 4.79 Å². The minimum absolute atomic E-state index is 0.0857. The van der Waals surface area contributed by atoms with Gasteiger partial charge in [-0.3, -0.25) is 4.79 Å². The first kappa shape index (κ1) is 10.3. The van der Waals surface area contributed by atoms with E-state index in [-0.39, 0.29) is 11.8 Å². The van der Waals surface area contributed by atoms with Crippen molar-refractivity contribution in [3.63, 3.8) is 0 Å². The van der Waals surface area contributed by atoms with E-state index >= 15 is 0 Å². The number of carbonyl (C=O) groups is 1. The van der Waals surface area contributed by atoms with Crippen LogP contribution in [-0.2, 0) is 4.79 Å². The Kier molecular flexibility index (Phi) is 2.80. The van der Waals surface area contributed by atoms with Crippen LogP contribution in [-0.4, -0.2) is 5.91 Å². The molecule has 1 aromatic heterocycles. The minimum Gasteiger partial charge on any atom is -0.320 e. The largest absolute Gasteiger partial charge is 0.320 e. The molecular formula is C10H8N2OS2. The third-order valence-corrected chi connectivity index (χ3v) is 3.60. The fourth-order valence-electron chi connectivity index (χ4n) is 1.57. The van der Waals surface area contributed by atoms with Crippen LogP contribution >= 0.6 is 24.0 Å². The average molecular weight is 236 g/mol. The van der Waals surface area contributed by atoms with Gasteiger partial charge in [0.25, 0.3) is 0 Å². The quantitative estimate of drug-likeness (QED) is 0.733. The van der Waals surface area contributed by atoms with Gasteiger partial charge in [0.1, 0.15) is 0 Å². The monoisotopic (exact) mass is 236 g/mol. The van der Waals surface area contributed by atoms with E-state index in [2.05, 4.69) is 24.0 Å². The number of thiol groups is 1. The highest BCUT2D eigenvalue weighted by Crippen LogP contribution is 2.35. The van der Waals surface area contributed by atoms with E-state index in [0.717, 1.165) is 4.88 Å². The van der Waals surface area contributed by atoms with E-state index in [4.69, 9.17) is 5.26 Å². The molecule has 0 aliphatic carbocycles. The molecule has 0 spiro atoms. The molecular weight excluding hydrogens is 228 g/mol. The Bertz CT molecular complexity index is 456. The van der Waals surface area contributed by atoms with Gasteiger partial charge in [-0.1, -0.05) is 6.07 Å². The number of thiophene rings is 1. The third kappa shape index (κ3) is 1.91. The third-order valence-electron chi connectivity index (χ3n) is 2.26. The number of nitrogens with zero attached hydrogens (tertiary/aromatic N) is 1. The molecule has 1 amide bonds.